The first kappa shape index (κ1) is 31.9. The minimum Gasteiger partial charge on any atom is -0.496 e. The number of ether oxygens (including phenoxy) is 1. The number of fused-ring (bicyclic) bond motifs is 2. The number of allylic oxidation sites excluding steroid dienone is 2. The van der Waals surface area contributed by atoms with Crippen molar-refractivity contribution in [2.75, 3.05) is 19.0 Å². The van der Waals surface area contributed by atoms with Crippen molar-refractivity contribution in [2.45, 2.75) is 124 Å². The molecule has 3 aliphatic rings. The summed E-state index contributed by atoms with van der Waals surface area (Å²) in [7, 11) is 2.05. The number of amides is 2. The van der Waals surface area contributed by atoms with Gasteiger partial charge in [0.2, 0.25) is 0 Å². The van der Waals surface area contributed by atoms with E-state index in [1.165, 1.54) is 47.9 Å². The quantitative estimate of drug-likeness (QED) is 0.254. The van der Waals surface area contributed by atoms with E-state index in [4.69, 9.17) is 4.74 Å². The summed E-state index contributed by atoms with van der Waals surface area (Å²) in [5.41, 5.74) is 9.03. The summed E-state index contributed by atoms with van der Waals surface area (Å²) >= 11 is 0. The van der Waals surface area contributed by atoms with Gasteiger partial charge in [-0.05, 0) is 106 Å². The van der Waals surface area contributed by atoms with Crippen LogP contribution < -0.4 is 16.1 Å². The molecule has 2 aliphatic carbocycles. The van der Waals surface area contributed by atoms with E-state index >= 15 is 0 Å². The fourth-order valence-electron chi connectivity index (χ4n) is 5.95. The average Bonchev–Trinajstić information content (AvgIpc) is 3.62. The van der Waals surface area contributed by atoms with Crippen LogP contribution in [0.15, 0.2) is 22.5 Å². The van der Waals surface area contributed by atoms with Crippen molar-refractivity contribution in [2.24, 2.45) is 10.9 Å². The fourth-order valence-corrected chi connectivity index (χ4v) is 5.95. The molecule has 2 amide bonds. The van der Waals surface area contributed by atoms with E-state index in [2.05, 4.69) is 54.8 Å². The van der Waals surface area contributed by atoms with Crippen molar-refractivity contribution in [3.05, 3.63) is 39.8 Å². The van der Waals surface area contributed by atoms with E-state index in [1.54, 1.807) is 13.1 Å². The predicted octanol–water partition coefficient (Wildman–Crippen LogP) is 6.70. The summed E-state index contributed by atoms with van der Waals surface area (Å²) in [6, 6.07) is 2.78. The van der Waals surface area contributed by atoms with E-state index in [0.717, 1.165) is 68.3 Å². The first-order valence-electron chi connectivity index (χ1n) is 15.6. The fraction of sp³-hybridized carbons (Fsp3) is 0.688. The molecule has 1 heterocycles. The Balaban J connectivity index is 0.000000424. The third-order valence-corrected chi connectivity index (χ3v) is 8.45. The number of benzene rings is 1. The highest BCUT2D eigenvalue weighted by atomic mass is 16.5. The number of aliphatic imine (C=N–C) groups is 1. The molecule has 0 saturated heterocycles. The minimum atomic E-state index is -0.467. The molecule has 3 atom stereocenters. The normalized spacial score (nSPS) is 22.5. The topological polar surface area (TPSA) is 98.2 Å². The molecule has 4 N–H and O–H groups in total. The zero-order valence-electron chi connectivity index (χ0n) is 25.7. The lowest BCUT2D eigenvalue weighted by atomic mass is 9.99. The molecule has 1 aromatic carbocycles. The number of rotatable bonds is 9. The monoisotopic (exact) mass is 555 g/mol. The Labute approximate surface area is 242 Å². The predicted molar refractivity (Wildman–Crippen MR) is 164 cm³/mol. The molecule has 0 bridgehead atoms. The number of hydrogen-bond donors (Lipinski definition) is 4. The van der Waals surface area contributed by atoms with E-state index < -0.39 is 6.03 Å². The van der Waals surface area contributed by atoms with Crippen molar-refractivity contribution >= 4 is 17.9 Å². The Hall–Kier alpha value is -2.58. The summed E-state index contributed by atoms with van der Waals surface area (Å²) in [4.78, 5) is 17.4. The third kappa shape index (κ3) is 8.71. The average molecular weight is 556 g/mol. The Morgan fingerprint density at radius 1 is 1.15 bits per heavy atom. The molecule has 4 rings (SSSR count). The van der Waals surface area contributed by atoms with Crippen LogP contribution in [0.5, 0.6) is 0 Å². The van der Waals surface area contributed by atoms with Gasteiger partial charge < -0.3 is 15.4 Å². The Morgan fingerprint density at radius 2 is 1.82 bits per heavy atom. The van der Waals surface area contributed by atoms with Crippen molar-refractivity contribution in [1.82, 2.24) is 15.9 Å². The molecule has 0 aromatic heterocycles. The molecule has 0 saturated carbocycles. The first-order chi connectivity index (χ1) is 19.3. The summed E-state index contributed by atoms with van der Waals surface area (Å²) in [5.74, 6) is 0.888. The van der Waals surface area contributed by atoms with Crippen LogP contribution in [0.2, 0.25) is 0 Å². The van der Waals surface area contributed by atoms with Gasteiger partial charge in [-0.1, -0.05) is 46.6 Å². The van der Waals surface area contributed by atoms with Gasteiger partial charge in [0.05, 0.1) is 18.9 Å². The number of hydrogen-bond acceptors (Lipinski definition) is 6. The highest BCUT2D eigenvalue weighted by molar-refractivity contribution is 5.92. The van der Waals surface area contributed by atoms with Gasteiger partial charge in [-0.3, -0.25) is 10.2 Å². The third-order valence-electron chi connectivity index (χ3n) is 8.45. The van der Waals surface area contributed by atoms with Crippen LogP contribution in [0.3, 0.4) is 0 Å². The number of hydroxylamine groups is 1. The molecule has 40 heavy (non-hydrogen) atoms. The van der Waals surface area contributed by atoms with Gasteiger partial charge in [-0.15, -0.1) is 0 Å². The zero-order chi connectivity index (χ0) is 29.1. The molecule has 1 aromatic rings. The van der Waals surface area contributed by atoms with Crippen molar-refractivity contribution < 1.29 is 14.7 Å². The summed E-state index contributed by atoms with van der Waals surface area (Å²) in [6.07, 6.45) is 15.1. The van der Waals surface area contributed by atoms with Crippen molar-refractivity contribution in [3.63, 3.8) is 0 Å². The number of nitrogens with zero attached hydrogens (tertiary/aromatic N) is 2. The number of carbonyl (C=O) groups is 1. The van der Waals surface area contributed by atoms with E-state index in [0.29, 0.717) is 24.0 Å². The smallest absolute Gasteiger partial charge is 0.339 e. The molecule has 2 unspecified atom stereocenters. The number of anilines is 1. The molecule has 8 heteroatoms. The van der Waals surface area contributed by atoms with Crippen LogP contribution in [0.1, 0.15) is 108 Å². The number of nitrogens with one attached hydrogen (secondary N) is 3. The van der Waals surface area contributed by atoms with Crippen LogP contribution in [0.4, 0.5) is 10.5 Å². The van der Waals surface area contributed by atoms with Crippen molar-refractivity contribution in [3.8, 4) is 0 Å². The second kappa shape index (κ2) is 16.0. The standard InChI is InChI=1S/C24H34N4O3.C8H19N/c1-4-19-11-15(2)14-31-16(3)22(13-25-19)28(30)27-24(29)26-23-20-9-5-7-17(20)12-18-8-6-10-21(18)23;1-4-6-7-8(5-2)9-3/h12-13,15,19,30H,4-11,14H2,1-3H3,(H2,26,27,29);8-9H,4-7H2,1-3H3/b22-16-,25-13?;/t15?,19-;/m1./s1. The maximum absolute atomic E-state index is 12.8. The van der Waals surface area contributed by atoms with Crippen molar-refractivity contribution in [1.29, 1.82) is 0 Å². The number of urea groups is 1. The maximum Gasteiger partial charge on any atom is 0.339 e. The number of carbonyl (C=O) groups excluding carboxylic acids is 1. The zero-order valence-corrected chi connectivity index (χ0v) is 25.7. The second-order valence-electron chi connectivity index (χ2n) is 11.6. The number of aryl methyl sites for hydroxylation is 2. The maximum atomic E-state index is 12.8. The van der Waals surface area contributed by atoms with E-state index in [-0.39, 0.29) is 6.04 Å². The van der Waals surface area contributed by atoms with Gasteiger partial charge in [0, 0.05) is 11.7 Å². The molecule has 0 fully saturated rings. The Morgan fingerprint density at radius 3 is 2.40 bits per heavy atom. The van der Waals surface area contributed by atoms with Gasteiger partial charge in [-0.2, -0.15) is 5.17 Å². The SMILES string of the molecule is CCCCC(CC)NC.CC[C@@H]1CC(C)CO/C(C)=C(\N(O)NC(=O)Nc2c3c(cc4c2CCC4)CCC3)C=N1. The van der Waals surface area contributed by atoms with Gasteiger partial charge in [0.1, 0.15) is 11.5 Å². The van der Waals surface area contributed by atoms with Crippen LogP contribution in [0.25, 0.3) is 0 Å². The molecule has 8 nitrogen and oxygen atoms in total. The van der Waals surface area contributed by atoms with E-state index in [1.807, 2.05) is 7.05 Å². The lowest BCUT2D eigenvalue weighted by molar-refractivity contribution is -0.0841. The number of hydrazine groups is 1. The van der Waals surface area contributed by atoms with E-state index in [9.17, 15) is 10.0 Å². The molecule has 224 valence electrons. The Kier molecular flexibility index (Phi) is 12.8. The van der Waals surface area contributed by atoms with Crippen LogP contribution in [-0.2, 0) is 30.4 Å². The molecular weight excluding hydrogens is 502 g/mol. The van der Waals surface area contributed by atoms with Crippen LogP contribution >= 0.6 is 0 Å². The van der Waals surface area contributed by atoms with Crippen LogP contribution in [-0.4, -0.2) is 48.4 Å². The Bertz CT molecular complexity index is 1000. The van der Waals surface area contributed by atoms with Gasteiger partial charge in [0.15, 0.2) is 0 Å². The van der Waals surface area contributed by atoms with Gasteiger partial charge in [-0.25, -0.2) is 10.2 Å². The highest BCUT2D eigenvalue weighted by Gasteiger charge is 2.26. The minimum absolute atomic E-state index is 0.163. The van der Waals surface area contributed by atoms with Gasteiger partial charge in [0.25, 0.3) is 0 Å². The molecule has 0 radical (unpaired) electrons. The largest absolute Gasteiger partial charge is 0.496 e. The summed E-state index contributed by atoms with van der Waals surface area (Å²) < 4.78 is 5.84. The lowest BCUT2D eigenvalue weighted by Gasteiger charge is -2.22. The molecule has 0 spiro atoms. The summed E-state index contributed by atoms with van der Waals surface area (Å²) in [5, 5.41) is 17.7. The number of unbranched alkanes of at least 4 members (excludes halogenated alkanes) is 1. The first-order valence-corrected chi connectivity index (χ1v) is 15.6. The molecule has 1 aliphatic heterocycles. The van der Waals surface area contributed by atoms with Crippen LogP contribution in [0, 0.1) is 5.92 Å². The lowest BCUT2D eigenvalue weighted by Crippen LogP contribution is -2.43. The molecular formula is C32H53N5O3. The van der Waals surface area contributed by atoms with Gasteiger partial charge >= 0.3 is 6.03 Å². The second-order valence-corrected chi connectivity index (χ2v) is 11.6. The highest BCUT2D eigenvalue weighted by Crippen LogP contribution is 2.38. The summed E-state index contributed by atoms with van der Waals surface area (Å²) in [6.45, 7) is 11.0.